The Kier molecular flexibility index (Phi) is 2.14. The van der Waals surface area contributed by atoms with E-state index in [-0.39, 0.29) is 0 Å². The van der Waals surface area contributed by atoms with Crippen LogP contribution in [0.25, 0.3) is 0 Å². The maximum Gasteiger partial charge on any atom is 0.127 e. The third-order valence-corrected chi connectivity index (χ3v) is 2.29. The lowest BCUT2D eigenvalue weighted by Crippen LogP contribution is -2.15. The zero-order valence-electron chi connectivity index (χ0n) is 7.75. The largest absolute Gasteiger partial charge is 0.384 e. The third kappa shape index (κ3) is 1.78. The Hall–Kier alpha value is -1.16. The number of nitrogens with one attached hydrogen (secondary N) is 1. The van der Waals surface area contributed by atoms with Crippen LogP contribution in [0.2, 0.25) is 0 Å². The van der Waals surface area contributed by atoms with Crippen molar-refractivity contribution in [3.8, 4) is 0 Å². The van der Waals surface area contributed by atoms with Gasteiger partial charge in [-0.3, -0.25) is 0 Å². The Morgan fingerprint density at radius 2 is 2.38 bits per heavy atom. The van der Waals surface area contributed by atoms with Crippen molar-refractivity contribution in [3.05, 3.63) is 17.6 Å². The minimum Gasteiger partial charge on any atom is -0.384 e. The van der Waals surface area contributed by atoms with Crippen LogP contribution in [0.1, 0.15) is 30.4 Å². The Balaban J connectivity index is 2.28. The molecule has 0 saturated carbocycles. The van der Waals surface area contributed by atoms with Gasteiger partial charge >= 0.3 is 0 Å². The van der Waals surface area contributed by atoms with E-state index in [1.807, 2.05) is 13.0 Å². The highest BCUT2D eigenvalue weighted by molar-refractivity contribution is 5.31. The van der Waals surface area contributed by atoms with E-state index >= 15 is 0 Å². The van der Waals surface area contributed by atoms with Crippen molar-refractivity contribution in [2.45, 2.75) is 25.8 Å². The van der Waals surface area contributed by atoms with Gasteiger partial charge in [-0.25, -0.2) is 9.97 Å². The number of nitrogens with two attached hydrogens (primary N) is 1. The first-order chi connectivity index (χ1) is 6.25. The zero-order valence-corrected chi connectivity index (χ0v) is 7.75. The van der Waals surface area contributed by atoms with E-state index in [1.165, 1.54) is 6.42 Å². The molecule has 1 aliphatic heterocycles. The van der Waals surface area contributed by atoms with Crippen molar-refractivity contribution < 1.29 is 0 Å². The van der Waals surface area contributed by atoms with E-state index in [1.54, 1.807) is 0 Å². The predicted octanol–water partition coefficient (Wildman–Crippen LogP) is 0.792. The molecule has 1 aromatic rings. The molecule has 3 N–H and O–H groups in total. The summed E-state index contributed by atoms with van der Waals surface area (Å²) in [5.74, 6) is 1.32. The van der Waals surface area contributed by atoms with Crippen LogP contribution in [0.4, 0.5) is 5.82 Å². The van der Waals surface area contributed by atoms with Gasteiger partial charge in [0.2, 0.25) is 0 Å². The summed E-state index contributed by atoms with van der Waals surface area (Å²) in [6.45, 7) is 2.95. The Labute approximate surface area is 77.6 Å². The first-order valence-corrected chi connectivity index (χ1v) is 4.60. The van der Waals surface area contributed by atoms with Crippen molar-refractivity contribution in [1.29, 1.82) is 0 Å². The van der Waals surface area contributed by atoms with Crippen LogP contribution >= 0.6 is 0 Å². The van der Waals surface area contributed by atoms with Crippen molar-refractivity contribution in [2.24, 2.45) is 0 Å². The van der Waals surface area contributed by atoms with Gasteiger partial charge in [0.15, 0.2) is 0 Å². The molecule has 0 unspecified atom stereocenters. The fourth-order valence-corrected chi connectivity index (χ4v) is 1.73. The minimum atomic E-state index is 0.379. The molecule has 4 nitrogen and oxygen atoms in total. The van der Waals surface area contributed by atoms with Gasteiger partial charge in [0.05, 0.1) is 5.69 Å². The molecule has 70 valence electrons. The molecule has 4 heteroatoms. The molecule has 2 heterocycles. The van der Waals surface area contributed by atoms with E-state index < -0.39 is 0 Å². The summed E-state index contributed by atoms with van der Waals surface area (Å²) in [6.07, 6.45) is 2.36. The fourth-order valence-electron chi connectivity index (χ4n) is 1.73. The maximum absolute atomic E-state index is 5.65. The molecular formula is C9H14N4. The molecule has 1 saturated heterocycles. The van der Waals surface area contributed by atoms with Crippen LogP contribution in [0.5, 0.6) is 0 Å². The lowest BCUT2D eigenvalue weighted by atomic mass is 10.1. The second kappa shape index (κ2) is 3.30. The van der Waals surface area contributed by atoms with Crippen molar-refractivity contribution in [1.82, 2.24) is 15.3 Å². The molecule has 0 radical (unpaired) electrons. The van der Waals surface area contributed by atoms with Crippen molar-refractivity contribution >= 4 is 5.82 Å². The molecule has 1 atom stereocenters. The van der Waals surface area contributed by atoms with Crippen LogP contribution in [0, 0.1) is 6.92 Å². The second-order valence-corrected chi connectivity index (χ2v) is 3.41. The molecule has 0 amide bonds. The van der Waals surface area contributed by atoms with E-state index in [0.29, 0.717) is 11.9 Å². The first kappa shape index (κ1) is 8.44. The van der Waals surface area contributed by atoms with E-state index in [9.17, 15) is 0 Å². The second-order valence-electron chi connectivity index (χ2n) is 3.41. The topological polar surface area (TPSA) is 63.8 Å². The predicted molar refractivity (Wildman–Crippen MR) is 51.2 cm³/mol. The number of hydrogen-bond acceptors (Lipinski definition) is 4. The molecule has 1 fully saturated rings. The SMILES string of the molecule is Cc1nc(N)cc([C@H]2CCCN2)n1. The number of nitrogen functional groups attached to an aromatic ring is 1. The Morgan fingerprint density at radius 3 is 3.00 bits per heavy atom. The number of aromatic nitrogens is 2. The summed E-state index contributed by atoms with van der Waals surface area (Å²) >= 11 is 0. The lowest BCUT2D eigenvalue weighted by molar-refractivity contribution is 0.623. The van der Waals surface area contributed by atoms with Crippen molar-refractivity contribution in [2.75, 3.05) is 12.3 Å². The lowest BCUT2D eigenvalue weighted by Gasteiger charge is -2.10. The van der Waals surface area contributed by atoms with Crippen LogP contribution < -0.4 is 11.1 Å². The molecule has 0 aliphatic carbocycles. The molecule has 0 spiro atoms. The summed E-state index contributed by atoms with van der Waals surface area (Å²) in [4.78, 5) is 8.41. The third-order valence-electron chi connectivity index (χ3n) is 2.29. The van der Waals surface area contributed by atoms with Crippen LogP contribution in [0.3, 0.4) is 0 Å². The normalized spacial score (nSPS) is 22.1. The smallest absolute Gasteiger partial charge is 0.127 e. The van der Waals surface area contributed by atoms with Gasteiger partial charge in [-0.2, -0.15) is 0 Å². The molecule has 0 aromatic carbocycles. The number of rotatable bonds is 1. The highest BCUT2D eigenvalue weighted by atomic mass is 15.0. The van der Waals surface area contributed by atoms with Crippen LogP contribution in [-0.4, -0.2) is 16.5 Å². The summed E-state index contributed by atoms with van der Waals surface area (Å²) in [6, 6.07) is 2.24. The number of hydrogen-bond donors (Lipinski definition) is 2. The van der Waals surface area contributed by atoms with Crippen LogP contribution in [0.15, 0.2) is 6.07 Å². The van der Waals surface area contributed by atoms with Gasteiger partial charge in [-0.1, -0.05) is 0 Å². The summed E-state index contributed by atoms with van der Waals surface area (Å²) in [7, 11) is 0. The Bertz CT molecular complexity index is 284. The summed E-state index contributed by atoms with van der Waals surface area (Å²) in [5.41, 5.74) is 6.68. The van der Waals surface area contributed by atoms with Gasteiger partial charge in [0.25, 0.3) is 0 Å². The van der Waals surface area contributed by atoms with E-state index in [4.69, 9.17) is 5.73 Å². The highest BCUT2D eigenvalue weighted by Crippen LogP contribution is 2.21. The molecule has 1 aromatic heterocycles. The number of aryl methyl sites for hydroxylation is 1. The number of nitrogens with zero attached hydrogens (tertiary/aromatic N) is 2. The number of anilines is 1. The maximum atomic E-state index is 5.65. The monoisotopic (exact) mass is 178 g/mol. The van der Waals surface area contributed by atoms with Crippen LogP contribution in [-0.2, 0) is 0 Å². The van der Waals surface area contributed by atoms with Gasteiger partial charge in [-0.15, -0.1) is 0 Å². The van der Waals surface area contributed by atoms with Crippen molar-refractivity contribution in [3.63, 3.8) is 0 Å². The highest BCUT2D eigenvalue weighted by Gasteiger charge is 2.17. The standard InChI is InChI=1S/C9H14N4/c1-6-12-8(5-9(10)13-6)7-3-2-4-11-7/h5,7,11H,2-4H2,1H3,(H2,10,12,13)/t7-/m1/s1. The average molecular weight is 178 g/mol. The van der Waals surface area contributed by atoms with Gasteiger partial charge in [-0.05, 0) is 26.3 Å². The zero-order chi connectivity index (χ0) is 9.26. The molecule has 1 aliphatic rings. The fraction of sp³-hybridized carbons (Fsp3) is 0.556. The molecular weight excluding hydrogens is 164 g/mol. The first-order valence-electron chi connectivity index (χ1n) is 4.60. The average Bonchev–Trinajstić information content (AvgIpc) is 2.53. The minimum absolute atomic E-state index is 0.379. The summed E-state index contributed by atoms with van der Waals surface area (Å²) in [5, 5.41) is 3.38. The molecule has 0 bridgehead atoms. The molecule has 2 rings (SSSR count). The summed E-state index contributed by atoms with van der Waals surface area (Å²) < 4.78 is 0. The van der Waals surface area contributed by atoms with E-state index in [0.717, 1.165) is 24.5 Å². The quantitative estimate of drug-likeness (QED) is 0.667. The van der Waals surface area contributed by atoms with Gasteiger partial charge in [0.1, 0.15) is 11.6 Å². The molecule has 13 heavy (non-hydrogen) atoms. The van der Waals surface area contributed by atoms with Gasteiger partial charge < -0.3 is 11.1 Å². The van der Waals surface area contributed by atoms with E-state index in [2.05, 4.69) is 15.3 Å². The van der Waals surface area contributed by atoms with Gasteiger partial charge in [0, 0.05) is 12.1 Å². The Morgan fingerprint density at radius 1 is 1.54 bits per heavy atom.